The lowest BCUT2D eigenvalue weighted by molar-refractivity contribution is -0.116. The molecule has 0 aromatic heterocycles. The second-order valence-corrected chi connectivity index (χ2v) is 3.31. The number of hydrogen-bond acceptors (Lipinski definition) is 3. The summed E-state index contributed by atoms with van der Waals surface area (Å²) < 4.78 is 0. The number of benzene rings is 1. The van der Waals surface area contributed by atoms with Crippen LogP contribution in [0.3, 0.4) is 0 Å². The van der Waals surface area contributed by atoms with Crippen molar-refractivity contribution >= 4 is 11.6 Å². The van der Waals surface area contributed by atoms with Crippen molar-refractivity contribution in [3.05, 3.63) is 35.4 Å². The van der Waals surface area contributed by atoms with Gasteiger partial charge in [0.15, 0.2) is 5.78 Å². The molecule has 0 saturated heterocycles. The maximum atomic E-state index is 11.5. The van der Waals surface area contributed by atoms with Crippen molar-refractivity contribution in [1.29, 1.82) is 5.26 Å². The molecule has 0 heterocycles. The highest BCUT2D eigenvalue weighted by Crippen LogP contribution is 2.07. The third-order valence-corrected chi connectivity index (χ3v) is 2.04. The quantitative estimate of drug-likeness (QED) is 0.701. The minimum atomic E-state index is -0.0605. The summed E-state index contributed by atoms with van der Waals surface area (Å²) in [6.07, 6.45) is 0.514. The van der Waals surface area contributed by atoms with Crippen molar-refractivity contribution < 1.29 is 9.59 Å². The second kappa shape index (κ2) is 5.06. The van der Waals surface area contributed by atoms with Crippen LogP contribution in [-0.4, -0.2) is 11.6 Å². The molecule has 0 spiro atoms. The van der Waals surface area contributed by atoms with Crippen LogP contribution in [-0.2, 0) is 4.79 Å². The van der Waals surface area contributed by atoms with Gasteiger partial charge in [0.05, 0.1) is 11.6 Å². The Bertz CT molecular complexity index is 412. The number of nitriles is 1. The summed E-state index contributed by atoms with van der Waals surface area (Å²) >= 11 is 0. The Morgan fingerprint density at radius 1 is 1.20 bits per heavy atom. The van der Waals surface area contributed by atoms with Crippen molar-refractivity contribution in [1.82, 2.24) is 0 Å². The lowest BCUT2D eigenvalue weighted by Gasteiger charge is -1.98. The first-order valence-electron chi connectivity index (χ1n) is 4.66. The van der Waals surface area contributed by atoms with Crippen LogP contribution in [0.5, 0.6) is 0 Å². The summed E-state index contributed by atoms with van der Waals surface area (Å²) in [6.45, 7) is 1.46. The molecule has 76 valence electrons. The minimum absolute atomic E-state index is 0.0111. The van der Waals surface area contributed by atoms with Gasteiger partial charge in [0.2, 0.25) is 0 Å². The van der Waals surface area contributed by atoms with Crippen LogP contribution in [0.15, 0.2) is 24.3 Å². The first-order valence-corrected chi connectivity index (χ1v) is 4.66. The second-order valence-electron chi connectivity index (χ2n) is 3.31. The van der Waals surface area contributed by atoms with Crippen LogP contribution >= 0.6 is 0 Å². The molecule has 0 aliphatic rings. The lowest BCUT2D eigenvalue weighted by atomic mass is 10.0. The topological polar surface area (TPSA) is 57.9 Å². The summed E-state index contributed by atoms with van der Waals surface area (Å²) in [4.78, 5) is 22.2. The van der Waals surface area contributed by atoms with Crippen molar-refractivity contribution in [3.63, 3.8) is 0 Å². The molecule has 0 amide bonds. The highest BCUT2D eigenvalue weighted by Gasteiger charge is 2.06. The number of hydrogen-bond donors (Lipinski definition) is 0. The normalized spacial score (nSPS) is 9.33. The molecule has 0 atom stereocenters. The zero-order valence-corrected chi connectivity index (χ0v) is 8.49. The standard InChI is InChI=1S/C12H11NO2/c1-9(14)2-7-12(15)11-5-3-10(8-13)4-6-11/h3-6H,2,7H2,1H3. The van der Waals surface area contributed by atoms with Crippen molar-refractivity contribution in [2.45, 2.75) is 19.8 Å². The Morgan fingerprint density at radius 2 is 1.80 bits per heavy atom. The van der Waals surface area contributed by atoms with Crippen LogP contribution < -0.4 is 0 Å². The van der Waals surface area contributed by atoms with Gasteiger partial charge in [-0.3, -0.25) is 4.79 Å². The molecule has 15 heavy (non-hydrogen) atoms. The van der Waals surface area contributed by atoms with Crippen LogP contribution in [0.25, 0.3) is 0 Å². The van der Waals surface area contributed by atoms with Gasteiger partial charge >= 0.3 is 0 Å². The van der Waals surface area contributed by atoms with E-state index < -0.39 is 0 Å². The molecule has 1 aromatic rings. The SMILES string of the molecule is CC(=O)CCC(=O)c1ccc(C#N)cc1. The number of Topliss-reactive ketones (excluding diaryl/α,β-unsaturated/α-hetero) is 2. The monoisotopic (exact) mass is 201 g/mol. The summed E-state index contributed by atoms with van der Waals surface area (Å²) in [5.74, 6) is -0.0494. The number of nitrogens with zero attached hydrogens (tertiary/aromatic N) is 1. The van der Waals surface area contributed by atoms with Gasteiger partial charge in [0.25, 0.3) is 0 Å². The van der Waals surface area contributed by atoms with E-state index in [0.29, 0.717) is 11.1 Å². The van der Waals surface area contributed by atoms with Crippen LogP contribution in [0.1, 0.15) is 35.7 Å². The molecule has 1 aromatic carbocycles. The van der Waals surface area contributed by atoms with E-state index in [2.05, 4.69) is 0 Å². The predicted octanol–water partition coefficient (Wildman–Crippen LogP) is 2.11. The Labute approximate surface area is 88.3 Å². The highest BCUT2D eigenvalue weighted by molar-refractivity contribution is 5.97. The average Bonchev–Trinajstić information content (AvgIpc) is 2.26. The van der Waals surface area contributed by atoms with Gasteiger partial charge < -0.3 is 4.79 Å². The molecule has 0 saturated carbocycles. The van der Waals surface area contributed by atoms with E-state index >= 15 is 0 Å². The maximum absolute atomic E-state index is 11.5. The summed E-state index contributed by atoms with van der Waals surface area (Å²) in [5.41, 5.74) is 1.08. The molecular weight excluding hydrogens is 190 g/mol. The summed E-state index contributed by atoms with van der Waals surface area (Å²) in [5, 5.41) is 8.56. The van der Waals surface area contributed by atoms with E-state index in [1.54, 1.807) is 24.3 Å². The van der Waals surface area contributed by atoms with E-state index in [0.717, 1.165) is 0 Å². The fourth-order valence-electron chi connectivity index (χ4n) is 1.16. The molecule has 1 rings (SSSR count). The molecular formula is C12H11NO2. The van der Waals surface area contributed by atoms with E-state index in [-0.39, 0.29) is 24.4 Å². The third-order valence-electron chi connectivity index (χ3n) is 2.04. The van der Waals surface area contributed by atoms with Gasteiger partial charge in [-0.25, -0.2) is 0 Å². The first kappa shape index (κ1) is 11.1. The van der Waals surface area contributed by atoms with Gasteiger partial charge in [-0.2, -0.15) is 5.26 Å². The maximum Gasteiger partial charge on any atom is 0.163 e. The van der Waals surface area contributed by atoms with Gasteiger partial charge in [0.1, 0.15) is 5.78 Å². The number of rotatable bonds is 4. The largest absolute Gasteiger partial charge is 0.300 e. The Morgan fingerprint density at radius 3 is 2.27 bits per heavy atom. The van der Waals surface area contributed by atoms with E-state index in [1.807, 2.05) is 6.07 Å². The number of ketones is 2. The first-order chi connectivity index (χ1) is 7.13. The predicted molar refractivity (Wildman–Crippen MR) is 55.4 cm³/mol. The number of carbonyl (C=O) groups is 2. The van der Waals surface area contributed by atoms with Crippen molar-refractivity contribution in [2.75, 3.05) is 0 Å². The van der Waals surface area contributed by atoms with Gasteiger partial charge in [-0.1, -0.05) is 12.1 Å². The average molecular weight is 201 g/mol. The van der Waals surface area contributed by atoms with Crippen molar-refractivity contribution in [2.24, 2.45) is 0 Å². The lowest BCUT2D eigenvalue weighted by Crippen LogP contribution is -2.02. The zero-order chi connectivity index (χ0) is 11.3. The van der Waals surface area contributed by atoms with Gasteiger partial charge in [-0.05, 0) is 19.1 Å². The highest BCUT2D eigenvalue weighted by atomic mass is 16.1. The summed E-state index contributed by atoms with van der Waals surface area (Å²) in [7, 11) is 0. The molecule has 3 nitrogen and oxygen atoms in total. The van der Waals surface area contributed by atoms with Crippen LogP contribution in [0, 0.1) is 11.3 Å². The molecule has 0 aliphatic carbocycles. The minimum Gasteiger partial charge on any atom is -0.300 e. The fourth-order valence-corrected chi connectivity index (χ4v) is 1.16. The molecule has 0 N–H and O–H groups in total. The third kappa shape index (κ3) is 3.35. The smallest absolute Gasteiger partial charge is 0.163 e. The van der Waals surface area contributed by atoms with E-state index in [9.17, 15) is 9.59 Å². The van der Waals surface area contributed by atoms with Gasteiger partial charge in [0, 0.05) is 18.4 Å². The number of carbonyl (C=O) groups excluding carboxylic acids is 2. The van der Waals surface area contributed by atoms with E-state index in [4.69, 9.17) is 5.26 Å². The Hall–Kier alpha value is -1.95. The Balaban J connectivity index is 2.67. The zero-order valence-electron chi connectivity index (χ0n) is 8.49. The molecule has 0 aliphatic heterocycles. The molecule has 0 fully saturated rings. The molecule has 0 radical (unpaired) electrons. The van der Waals surface area contributed by atoms with Gasteiger partial charge in [-0.15, -0.1) is 0 Å². The van der Waals surface area contributed by atoms with E-state index in [1.165, 1.54) is 6.92 Å². The van der Waals surface area contributed by atoms with Crippen LogP contribution in [0.4, 0.5) is 0 Å². The van der Waals surface area contributed by atoms with Crippen molar-refractivity contribution in [3.8, 4) is 6.07 Å². The Kier molecular flexibility index (Phi) is 3.75. The van der Waals surface area contributed by atoms with Crippen LogP contribution in [0.2, 0.25) is 0 Å². The molecule has 0 unspecified atom stereocenters. The fraction of sp³-hybridized carbons (Fsp3) is 0.250. The summed E-state index contributed by atoms with van der Waals surface area (Å²) in [6, 6.07) is 8.40. The molecule has 0 bridgehead atoms. The molecule has 3 heteroatoms.